The van der Waals surface area contributed by atoms with Gasteiger partial charge in [0, 0.05) is 19.2 Å². The predicted octanol–water partition coefficient (Wildman–Crippen LogP) is 4.37. The van der Waals surface area contributed by atoms with E-state index < -0.39 is 17.7 Å². The summed E-state index contributed by atoms with van der Waals surface area (Å²) in [5, 5.41) is 11.3. The second-order valence-corrected chi connectivity index (χ2v) is 8.90. The molecule has 0 bridgehead atoms. The van der Waals surface area contributed by atoms with Gasteiger partial charge in [-0.15, -0.1) is 0 Å². The van der Waals surface area contributed by atoms with E-state index in [0.29, 0.717) is 35.0 Å². The summed E-state index contributed by atoms with van der Waals surface area (Å²) in [4.78, 5) is 27.7. The number of likely N-dealkylation sites (tertiary alicyclic amines) is 1. The smallest absolute Gasteiger partial charge is 0.295 e. The number of aliphatic hydroxyl groups is 1. The number of rotatable bonds is 8. The van der Waals surface area contributed by atoms with Gasteiger partial charge in [0.05, 0.1) is 18.2 Å². The van der Waals surface area contributed by atoms with E-state index in [1.807, 2.05) is 43.3 Å². The Labute approximate surface area is 214 Å². The van der Waals surface area contributed by atoms with E-state index >= 15 is 0 Å². The second kappa shape index (κ2) is 10.4. The Morgan fingerprint density at radius 1 is 1.03 bits per heavy atom. The maximum absolute atomic E-state index is 13.2. The number of amides is 1. The fourth-order valence-electron chi connectivity index (χ4n) is 4.47. The van der Waals surface area contributed by atoms with E-state index in [9.17, 15) is 14.7 Å². The van der Waals surface area contributed by atoms with Gasteiger partial charge in [-0.1, -0.05) is 42.0 Å². The second-order valence-electron chi connectivity index (χ2n) is 8.90. The van der Waals surface area contributed by atoms with Crippen LogP contribution < -0.4 is 14.2 Å². The van der Waals surface area contributed by atoms with Crippen LogP contribution in [0.5, 0.6) is 17.2 Å². The topological polar surface area (TPSA) is 94.5 Å². The zero-order valence-electron chi connectivity index (χ0n) is 20.6. The minimum absolute atomic E-state index is 0.00403. The molecular formula is C29H27NO7. The van der Waals surface area contributed by atoms with Crippen LogP contribution >= 0.6 is 0 Å². The Morgan fingerprint density at radius 2 is 1.81 bits per heavy atom. The molecule has 1 unspecified atom stereocenters. The first kappa shape index (κ1) is 24.4. The quantitative estimate of drug-likeness (QED) is 0.278. The molecule has 8 heteroatoms. The Balaban J connectivity index is 1.51. The number of Topliss-reactive ketones (excluding diaryl/α,β-unsaturated/α-hetero) is 1. The van der Waals surface area contributed by atoms with Crippen molar-refractivity contribution in [2.45, 2.75) is 19.6 Å². The number of hydrogen-bond acceptors (Lipinski definition) is 7. The number of benzene rings is 3. The molecule has 0 aliphatic carbocycles. The third-order valence-electron chi connectivity index (χ3n) is 6.42. The molecule has 37 heavy (non-hydrogen) atoms. The van der Waals surface area contributed by atoms with Crippen LogP contribution in [0.4, 0.5) is 0 Å². The number of aliphatic hydroxyl groups excluding tert-OH is 1. The van der Waals surface area contributed by atoms with E-state index in [-0.39, 0.29) is 31.3 Å². The lowest BCUT2D eigenvalue weighted by Gasteiger charge is -2.25. The molecule has 1 saturated heterocycles. The summed E-state index contributed by atoms with van der Waals surface area (Å²) in [5.41, 5.74) is 3.17. The van der Waals surface area contributed by atoms with E-state index in [0.717, 1.165) is 5.56 Å². The summed E-state index contributed by atoms with van der Waals surface area (Å²) in [7, 11) is 1.53. The van der Waals surface area contributed by atoms with Gasteiger partial charge in [-0.2, -0.15) is 0 Å². The van der Waals surface area contributed by atoms with Crippen molar-refractivity contribution in [2.24, 2.45) is 0 Å². The zero-order valence-corrected chi connectivity index (χ0v) is 20.6. The monoisotopic (exact) mass is 501 g/mol. The SMILES string of the molecule is COCCN1C(=O)C(=O)/C(=C(\O)c2ccc3c(c2)OCO3)C1c1cccc(OCc2ccc(C)cc2)c1. The van der Waals surface area contributed by atoms with Crippen molar-refractivity contribution in [3.63, 3.8) is 0 Å². The number of carbonyl (C=O) groups excluding carboxylic acids is 2. The standard InChI is InChI=1S/C29H27NO7/c1-18-6-8-19(9-7-18)16-35-22-5-3-4-20(14-22)26-25(28(32)29(33)30(26)12-13-34-2)27(31)21-10-11-23-24(15-21)37-17-36-23/h3-11,14-15,26,31H,12-13,16-17H2,1-2H3/b27-25-. The highest BCUT2D eigenvalue weighted by Gasteiger charge is 2.46. The minimum Gasteiger partial charge on any atom is -0.507 e. The molecule has 8 nitrogen and oxygen atoms in total. The molecule has 1 atom stereocenters. The lowest BCUT2D eigenvalue weighted by Crippen LogP contribution is -2.32. The van der Waals surface area contributed by atoms with Crippen LogP contribution in [0.1, 0.15) is 28.3 Å². The molecule has 5 rings (SSSR count). The van der Waals surface area contributed by atoms with E-state index in [1.165, 1.54) is 17.6 Å². The van der Waals surface area contributed by atoms with Crippen LogP contribution in [0.3, 0.4) is 0 Å². The van der Waals surface area contributed by atoms with Gasteiger partial charge >= 0.3 is 0 Å². The highest BCUT2D eigenvalue weighted by Crippen LogP contribution is 2.42. The van der Waals surface area contributed by atoms with Crippen molar-refractivity contribution in [3.05, 3.63) is 94.6 Å². The van der Waals surface area contributed by atoms with E-state index in [2.05, 4.69) is 0 Å². The van der Waals surface area contributed by atoms with Gasteiger partial charge in [-0.05, 0) is 48.4 Å². The first-order chi connectivity index (χ1) is 18.0. The van der Waals surface area contributed by atoms with E-state index in [1.54, 1.807) is 30.3 Å². The summed E-state index contributed by atoms with van der Waals surface area (Å²) in [6.45, 7) is 2.88. The average molecular weight is 502 g/mol. The summed E-state index contributed by atoms with van der Waals surface area (Å²) in [6.07, 6.45) is 0. The summed E-state index contributed by atoms with van der Waals surface area (Å²) in [5.74, 6) is -0.156. The highest BCUT2D eigenvalue weighted by molar-refractivity contribution is 6.46. The number of ketones is 1. The first-order valence-electron chi connectivity index (χ1n) is 11.9. The maximum atomic E-state index is 13.2. The number of hydrogen-bond donors (Lipinski definition) is 1. The lowest BCUT2D eigenvalue weighted by molar-refractivity contribution is -0.140. The number of aryl methyl sites for hydroxylation is 1. The molecule has 3 aromatic carbocycles. The van der Waals surface area contributed by atoms with Gasteiger partial charge in [0.1, 0.15) is 18.1 Å². The molecule has 2 aliphatic heterocycles. The Hall–Kier alpha value is -4.30. The minimum atomic E-state index is -0.816. The summed E-state index contributed by atoms with van der Waals surface area (Å²) < 4.78 is 22.0. The number of methoxy groups -OCH3 is 1. The van der Waals surface area contributed by atoms with Crippen LogP contribution in [-0.4, -0.2) is 48.8 Å². The number of nitrogens with zero attached hydrogens (tertiary/aromatic N) is 1. The van der Waals surface area contributed by atoms with Gasteiger partial charge in [-0.25, -0.2) is 0 Å². The van der Waals surface area contributed by atoms with Gasteiger partial charge in [-0.3, -0.25) is 9.59 Å². The maximum Gasteiger partial charge on any atom is 0.295 e. The molecule has 1 N–H and O–H groups in total. The molecule has 1 fully saturated rings. The average Bonchev–Trinajstić information content (AvgIpc) is 3.49. The summed E-state index contributed by atoms with van der Waals surface area (Å²) >= 11 is 0. The van der Waals surface area contributed by atoms with Gasteiger partial charge < -0.3 is 29.0 Å². The third kappa shape index (κ3) is 4.88. The number of ether oxygens (including phenoxy) is 4. The van der Waals surface area contributed by atoms with Gasteiger partial charge in [0.25, 0.3) is 11.7 Å². The van der Waals surface area contributed by atoms with Crippen LogP contribution in [0.15, 0.2) is 72.3 Å². The Kier molecular flexibility index (Phi) is 6.83. The third-order valence-corrected chi connectivity index (χ3v) is 6.42. The molecule has 0 spiro atoms. The normalized spacial score (nSPS) is 17.9. The van der Waals surface area contributed by atoms with Crippen LogP contribution in [-0.2, 0) is 20.9 Å². The van der Waals surface area contributed by atoms with Crippen molar-refractivity contribution in [2.75, 3.05) is 27.1 Å². The molecule has 2 aliphatic rings. The predicted molar refractivity (Wildman–Crippen MR) is 135 cm³/mol. The van der Waals surface area contributed by atoms with Crippen LogP contribution in [0.2, 0.25) is 0 Å². The van der Waals surface area contributed by atoms with Crippen LogP contribution in [0.25, 0.3) is 5.76 Å². The van der Waals surface area contributed by atoms with Crippen molar-refractivity contribution in [3.8, 4) is 17.2 Å². The molecule has 0 saturated carbocycles. The number of carbonyl (C=O) groups is 2. The fourth-order valence-corrected chi connectivity index (χ4v) is 4.47. The van der Waals surface area contributed by atoms with E-state index in [4.69, 9.17) is 18.9 Å². The number of fused-ring (bicyclic) bond motifs is 1. The van der Waals surface area contributed by atoms with Gasteiger partial charge in [0.15, 0.2) is 11.5 Å². The van der Waals surface area contributed by atoms with Crippen molar-refractivity contribution < 1.29 is 33.6 Å². The molecular weight excluding hydrogens is 474 g/mol. The molecule has 2 heterocycles. The van der Waals surface area contributed by atoms with Crippen LogP contribution in [0, 0.1) is 6.92 Å². The lowest BCUT2D eigenvalue weighted by atomic mass is 9.95. The zero-order chi connectivity index (χ0) is 25.9. The fraction of sp³-hybridized carbons (Fsp3) is 0.241. The Morgan fingerprint density at radius 3 is 2.59 bits per heavy atom. The molecule has 3 aromatic rings. The first-order valence-corrected chi connectivity index (χ1v) is 11.9. The van der Waals surface area contributed by atoms with Crippen molar-refractivity contribution in [1.82, 2.24) is 4.90 Å². The molecule has 0 radical (unpaired) electrons. The molecule has 1 amide bonds. The molecule has 190 valence electrons. The van der Waals surface area contributed by atoms with Crippen molar-refractivity contribution >= 4 is 17.4 Å². The largest absolute Gasteiger partial charge is 0.507 e. The van der Waals surface area contributed by atoms with Gasteiger partial charge in [0.2, 0.25) is 6.79 Å². The summed E-state index contributed by atoms with van der Waals surface area (Å²) in [6, 6.07) is 19.3. The molecule has 0 aromatic heterocycles. The Bertz CT molecular complexity index is 1360. The van der Waals surface area contributed by atoms with Crippen molar-refractivity contribution in [1.29, 1.82) is 0 Å². The highest BCUT2D eigenvalue weighted by atomic mass is 16.7.